The minimum absolute atomic E-state index is 0.181. The van der Waals surface area contributed by atoms with Crippen molar-refractivity contribution in [3.63, 3.8) is 0 Å². The fourth-order valence-corrected chi connectivity index (χ4v) is 1.73. The van der Waals surface area contributed by atoms with Crippen LogP contribution in [0, 0.1) is 13.8 Å². The smallest absolute Gasteiger partial charge is 0.256 e. The van der Waals surface area contributed by atoms with Crippen LogP contribution in [0.25, 0.3) is 0 Å². The van der Waals surface area contributed by atoms with Crippen LogP contribution in [-0.2, 0) is 0 Å². The number of benzene rings is 1. The second-order valence-electron chi connectivity index (χ2n) is 4.19. The summed E-state index contributed by atoms with van der Waals surface area (Å²) in [5.74, 6) is 0.356. The van der Waals surface area contributed by atoms with E-state index in [1.165, 1.54) is 0 Å². The summed E-state index contributed by atoms with van der Waals surface area (Å²) in [7, 11) is 0. The third-order valence-corrected chi connectivity index (χ3v) is 2.76. The van der Waals surface area contributed by atoms with Crippen LogP contribution in [0.2, 0.25) is 0 Å². The number of nitrogens with zero attached hydrogens (tertiary/aromatic N) is 1. The predicted molar refractivity (Wildman–Crippen MR) is 72.5 cm³/mol. The zero-order chi connectivity index (χ0) is 13.1. The molecule has 0 aliphatic carbocycles. The van der Waals surface area contributed by atoms with Gasteiger partial charge in [0, 0.05) is 17.4 Å². The van der Waals surface area contributed by atoms with E-state index in [2.05, 4.69) is 10.3 Å². The molecule has 0 bridgehead atoms. The first-order valence-electron chi connectivity index (χ1n) is 5.67. The fraction of sp³-hybridized carbons (Fsp3) is 0.143. The summed E-state index contributed by atoms with van der Waals surface area (Å²) in [4.78, 5) is 16.1. The Kier molecular flexibility index (Phi) is 3.28. The standard InChI is InChI=1S/C14H15N3O/c1-9-7-11(8-10(2)13(9)15)14(18)17-12-5-3-4-6-16-12/h3-8H,15H2,1-2H3,(H,16,17,18). The van der Waals surface area contributed by atoms with Crippen molar-refractivity contribution in [3.05, 3.63) is 53.2 Å². The Hall–Kier alpha value is -2.36. The van der Waals surface area contributed by atoms with Crippen molar-refractivity contribution in [2.24, 2.45) is 0 Å². The van der Waals surface area contributed by atoms with Crippen molar-refractivity contribution in [1.82, 2.24) is 4.98 Å². The van der Waals surface area contributed by atoms with E-state index in [-0.39, 0.29) is 5.91 Å². The molecule has 0 saturated heterocycles. The number of hydrogen-bond acceptors (Lipinski definition) is 3. The normalized spacial score (nSPS) is 10.1. The number of anilines is 2. The van der Waals surface area contributed by atoms with E-state index in [4.69, 9.17) is 5.73 Å². The number of amides is 1. The molecule has 0 atom stereocenters. The van der Waals surface area contributed by atoms with E-state index in [0.717, 1.165) is 16.8 Å². The summed E-state index contributed by atoms with van der Waals surface area (Å²) in [5, 5.41) is 2.74. The first kappa shape index (κ1) is 12.1. The van der Waals surface area contributed by atoms with Gasteiger partial charge < -0.3 is 11.1 Å². The highest BCUT2D eigenvalue weighted by molar-refractivity contribution is 6.04. The van der Waals surface area contributed by atoms with Crippen molar-refractivity contribution in [2.45, 2.75) is 13.8 Å². The second kappa shape index (κ2) is 4.87. The third-order valence-electron chi connectivity index (χ3n) is 2.76. The van der Waals surface area contributed by atoms with Gasteiger partial charge in [-0.2, -0.15) is 0 Å². The van der Waals surface area contributed by atoms with E-state index in [1.54, 1.807) is 30.5 Å². The molecule has 4 nitrogen and oxygen atoms in total. The van der Waals surface area contributed by atoms with Gasteiger partial charge in [0.05, 0.1) is 0 Å². The average Bonchev–Trinajstić information content (AvgIpc) is 2.36. The lowest BCUT2D eigenvalue weighted by molar-refractivity contribution is 0.102. The number of aryl methyl sites for hydroxylation is 2. The molecule has 0 spiro atoms. The average molecular weight is 241 g/mol. The highest BCUT2D eigenvalue weighted by atomic mass is 16.1. The van der Waals surface area contributed by atoms with Crippen molar-refractivity contribution in [3.8, 4) is 0 Å². The molecule has 1 heterocycles. The lowest BCUT2D eigenvalue weighted by Gasteiger charge is -2.09. The molecule has 0 unspecified atom stereocenters. The first-order chi connectivity index (χ1) is 8.58. The lowest BCUT2D eigenvalue weighted by Crippen LogP contribution is -2.13. The second-order valence-corrected chi connectivity index (χ2v) is 4.19. The topological polar surface area (TPSA) is 68.0 Å². The Bertz CT molecular complexity index is 556. The molecule has 1 aromatic carbocycles. The number of carbonyl (C=O) groups is 1. The SMILES string of the molecule is Cc1cc(C(=O)Nc2ccccn2)cc(C)c1N. The quantitative estimate of drug-likeness (QED) is 0.794. The summed E-state index contributed by atoms with van der Waals surface area (Å²) in [6.07, 6.45) is 1.63. The lowest BCUT2D eigenvalue weighted by atomic mass is 10.0. The number of hydrogen-bond donors (Lipinski definition) is 2. The molecule has 2 rings (SSSR count). The molecule has 1 aromatic heterocycles. The van der Waals surface area contributed by atoms with Crippen LogP contribution in [0.4, 0.5) is 11.5 Å². The Morgan fingerprint density at radius 3 is 2.44 bits per heavy atom. The Labute approximate surface area is 106 Å². The molecular weight excluding hydrogens is 226 g/mol. The number of rotatable bonds is 2. The maximum absolute atomic E-state index is 12.0. The third kappa shape index (κ3) is 2.48. The molecule has 0 saturated carbocycles. The van der Waals surface area contributed by atoms with Crippen LogP contribution in [0.1, 0.15) is 21.5 Å². The highest BCUT2D eigenvalue weighted by Crippen LogP contribution is 2.19. The molecule has 0 aliphatic heterocycles. The van der Waals surface area contributed by atoms with Gasteiger partial charge in [0.25, 0.3) is 5.91 Å². The predicted octanol–water partition coefficient (Wildman–Crippen LogP) is 2.53. The van der Waals surface area contributed by atoms with Crippen molar-refractivity contribution >= 4 is 17.4 Å². The van der Waals surface area contributed by atoms with Crippen LogP contribution in [0.5, 0.6) is 0 Å². The maximum Gasteiger partial charge on any atom is 0.256 e. The van der Waals surface area contributed by atoms with Crippen molar-refractivity contribution in [2.75, 3.05) is 11.1 Å². The summed E-state index contributed by atoms with van der Waals surface area (Å²) >= 11 is 0. The maximum atomic E-state index is 12.0. The van der Waals surface area contributed by atoms with E-state index in [1.807, 2.05) is 19.9 Å². The van der Waals surface area contributed by atoms with Crippen LogP contribution >= 0.6 is 0 Å². The number of pyridine rings is 1. The van der Waals surface area contributed by atoms with Gasteiger partial charge in [-0.15, -0.1) is 0 Å². The minimum Gasteiger partial charge on any atom is -0.398 e. The molecule has 0 aliphatic rings. The molecule has 92 valence electrons. The summed E-state index contributed by atoms with van der Waals surface area (Å²) < 4.78 is 0. The van der Waals surface area contributed by atoms with Gasteiger partial charge in [0.2, 0.25) is 0 Å². The van der Waals surface area contributed by atoms with Gasteiger partial charge in [-0.1, -0.05) is 6.07 Å². The summed E-state index contributed by atoms with van der Waals surface area (Å²) in [6, 6.07) is 8.92. The molecule has 1 amide bonds. The fourth-order valence-electron chi connectivity index (χ4n) is 1.73. The molecule has 3 N–H and O–H groups in total. The van der Waals surface area contributed by atoms with E-state index in [0.29, 0.717) is 11.4 Å². The number of nitrogen functional groups attached to an aromatic ring is 1. The van der Waals surface area contributed by atoms with Crippen molar-refractivity contribution in [1.29, 1.82) is 0 Å². The van der Waals surface area contributed by atoms with Gasteiger partial charge in [-0.3, -0.25) is 4.79 Å². The zero-order valence-electron chi connectivity index (χ0n) is 10.4. The van der Waals surface area contributed by atoms with E-state index >= 15 is 0 Å². The minimum atomic E-state index is -0.181. The van der Waals surface area contributed by atoms with Gasteiger partial charge in [-0.25, -0.2) is 4.98 Å². The van der Waals surface area contributed by atoms with Crippen molar-refractivity contribution < 1.29 is 4.79 Å². The van der Waals surface area contributed by atoms with Gasteiger partial charge in [0.15, 0.2) is 0 Å². The zero-order valence-corrected chi connectivity index (χ0v) is 10.4. The first-order valence-corrected chi connectivity index (χ1v) is 5.67. The Morgan fingerprint density at radius 1 is 1.22 bits per heavy atom. The summed E-state index contributed by atoms with van der Waals surface area (Å²) in [5.41, 5.74) is 8.98. The van der Waals surface area contributed by atoms with Gasteiger partial charge >= 0.3 is 0 Å². The molecular formula is C14H15N3O. The van der Waals surface area contributed by atoms with Crippen LogP contribution in [-0.4, -0.2) is 10.9 Å². The van der Waals surface area contributed by atoms with E-state index < -0.39 is 0 Å². The molecule has 4 heteroatoms. The van der Waals surface area contributed by atoms with Gasteiger partial charge in [-0.05, 0) is 49.2 Å². The monoisotopic (exact) mass is 241 g/mol. The number of nitrogens with two attached hydrogens (primary N) is 1. The van der Waals surface area contributed by atoms with Crippen LogP contribution in [0.3, 0.4) is 0 Å². The van der Waals surface area contributed by atoms with Crippen LogP contribution < -0.4 is 11.1 Å². The van der Waals surface area contributed by atoms with Gasteiger partial charge in [0.1, 0.15) is 5.82 Å². The number of nitrogens with one attached hydrogen (secondary N) is 1. The largest absolute Gasteiger partial charge is 0.398 e. The number of carbonyl (C=O) groups excluding carboxylic acids is 1. The molecule has 18 heavy (non-hydrogen) atoms. The molecule has 2 aromatic rings. The van der Waals surface area contributed by atoms with Crippen LogP contribution in [0.15, 0.2) is 36.5 Å². The summed E-state index contributed by atoms with van der Waals surface area (Å²) in [6.45, 7) is 3.78. The molecule has 0 fully saturated rings. The van der Waals surface area contributed by atoms with E-state index in [9.17, 15) is 4.79 Å². The highest BCUT2D eigenvalue weighted by Gasteiger charge is 2.09. The molecule has 0 radical (unpaired) electrons. The Balaban J connectivity index is 2.25. The Morgan fingerprint density at radius 2 is 1.89 bits per heavy atom. The number of aromatic nitrogens is 1.